The summed E-state index contributed by atoms with van der Waals surface area (Å²) >= 11 is 5.88. The van der Waals surface area contributed by atoms with Crippen LogP contribution in [-0.4, -0.2) is 77.0 Å². The number of amides is 1. The van der Waals surface area contributed by atoms with Gasteiger partial charge in [-0.15, -0.1) is 0 Å². The molecule has 1 amide bonds. The van der Waals surface area contributed by atoms with Crippen LogP contribution >= 0.6 is 11.6 Å². The number of rotatable bonds is 6. The Morgan fingerprint density at radius 2 is 1.86 bits per heavy atom. The Balaban J connectivity index is 1.89. The number of aromatic amines is 1. The van der Waals surface area contributed by atoms with Crippen molar-refractivity contribution in [2.75, 3.05) is 56.7 Å². The van der Waals surface area contributed by atoms with Gasteiger partial charge in [-0.1, -0.05) is 24.6 Å². The van der Waals surface area contributed by atoms with E-state index in [9.17, 15) is 22.8 Å². The van der Waals surface area contributed by atoms with E-state index in [2.05, 4.69) is 15.1 Å². The molecule has 0 atom stereocenters. The molecule has 1 fully saturated rings. The number of aromatic nitrogens is 4. The van der Waals surface area contributed by atoms with Crippen molar-refractivity contribution in [3.63, 3.8) is 0 Å². The molecule has 3 heterocycles. The Bertz CT molecular complexity index is 1470. The lowest BCUT2D eigenvalue weighted by molar-refractivity contribution is -0.158. The number of piperazine rings is 1. The summed E-state index contributed by atoms with van der Waals surface area (Å²) in [5.41, 5.74) is -2.37. The Kier molecular flexibility index (Phi) is 9.53. The summed E-state index contributed by atoms with van der Waals surface area (Å²) in [6.07, 6.45) is -1.52. The third kappa shape index (κ3) is 6.90. The summed E-state index contributed by atoms with van der Waals surface area (Å²) in [4.78, 5) is 39.2. The zero-order valence-corrected chi connectivity index (χ0v) is 23.5. The van der Waals surface area contributed by atoms with E-state index in [0.29, 0.717) is 43.9 Å². The molecule has 1 aromatic heterocycles. The number of hydrogen-bond acceptors (Lipinski definition) is 7. The number of anilines is 2. The zero-order chi connectivity index (χ0) is 30.7. The monoisotopic (exact) mass is 617 g/mol. The van der Waals surface area contributed by atoms with Crippen LogP contribution in [0.25, 0.3) is 5.57 Å². The molecule has 0 aliphatic carbocycles. The minimum Gasteiger partial charge on any atom is -0.377 e. The molecule has 0 unspecified atom stereocenters. The lowest BCUT2D eigenvalue weighted by atomic mass is 10.1. The average molecular weight is 618 g/mol. The van der Waals surface area contributed by atoms with Gasteiger partial charge in [0, 0.05) is 26.2 Å². The lowest BCUT2D eigenvalue weighted by Crippen LogP contribution is -2.50. The van der Waals surface area contributed by atoms with Gasteiger partial charge in [-0.05, 0) is 43.7 Å². The van der Waals surface area contributed by atoms with Gasteiger partial charge in [-0.3, -0.25) is 14.7 Å². The van der Waals surface area contributed by atoms with Gasteiger partial charge in [-0.25, -0.2) is 9.97 Å². The highest BCUT2D eigenvalue weighted by Crippen LogP contribution is 2.34. The van der Waals surface area contributed by atoms with Gasteiger partial charge in [0.2, 0.25) is 0 Å². The molecule has 2 aromatic rings. The van der Waals surface area contributed by atoms with Crippen LogP contribution in [0.3, 0.4) is 0 Å². The molecular formula is C26H29ClF5N7O3. The Hall–Kier alpha value is -3.56. The predicted octanol–water partition coefficient (Wildman–Crippen LogP) is 4.07. The van der Waals surface area contributed by atoms with Crippen LogP contribution in [0.2, 0.25) is 5.02 Å². The molecule has 1 aromatic carbocycles. The molecule has 10 nitrogen and oxygen atoms in total. The third-order valence-corrected chi connectivity index (χ3v) is 7.13. The number of carbonyl (C=O) groups is 1. The van der Waals surface area contributed by atoms with Crippen LogP contribution in [0.4, 0.5) is 33.3 Å². The minimum absolute atomic E-state index is 0.118. The number of benzene rings is 1. The first-order chi connectivity index (χ1) is 19.8. The van der Waals surface area contributed by atoms with E-state index in [-0.39, 0.29) is 47.9 Å². The van der Waals surface area contributed by atoms with Gasteiger partial charge in [0.1, 0.15) is 17.8 Å². The number of hydrogen-bond donors (Lipinski definition) is 2. The van der Waals surface area contributed by atoms with Crippen LogP contribution < -0.4 is 15.8 Å². The lowest BCUT2D eigenvalue weighted by Gasteiger charge is -2.34. The number of alkyl halides is 5. The molecule has 0 bridgehead atoms. The third-order valence-electron chi connectivity index (χ3n) is 6.82. The van der Waals surface area contributed by atoms with E-state index in [1.165, 1.54) is 0 Å². The maximum absolute atomic E-state index is 16.1. The van der Waals surface area contributed by atoms with Gasteiger partial charge in [-0.2, -0.15) is 26.6 Å². The van der Waals surface area contributed by atoms with Gasteiger partial charge >= 0.3 is 18.1 Å². The molecule has 2 N–H and O–H groups in total. The summed E-state index contributed by atoms with van der Waals surface area (Å²) < 4.78 is 76.4. The fraction of sp³-hybridized carbons (Fsp3) is 0.462. The number of aryl methyl sites for hydroxylation is 1. The highest BCUT2D eigenvalue weighted by atomic mass is 35.5. The molecular weight excluding hydrogens is 589 g/mol. The van der Waals surface area contributed by atoms with Crippen molar-refractivity contribution in [2.24, 2.45) is 0 Å². The zero-order valence-electron chi connectivity index (χ0n) is 22.8. The second-order valence-corrected chi connectivity index (χ2v) is 10.1. The van der Waals surface area contributed by atoms with E-state index < -0.39 is 40.0 Å². The van der Waals surface area contributed by atoms with Gasteiger partial charge < -0.3 is 19.9 Å². The van der Waals surface area contributed by atoms with Crippen molar-refractivity contribution < 1.29 is 31.5 Å². The molecule has 1 saturated heterocycles. The molecule has 0 radical (unpaired) electrons. The van der Waals surface area contributed by atoms with Crippen molar-refractivity contribution in [3.8, 4) is 0 Å². The molecule has 4 rings (SSSR count). The number of nitrogens with zero attached hydrogens (tertiary/aromatic N) is 5. The smallest absolute Gasteiger partial charge is 0.377 e. The van der Waals surface area contributed by atoms with E-state index in [1.807, 2.05) is 17.3 Å². The molecule has 228 valence electrons. The summed E-state index contributed by atoms with van der Waals surface area (Å²) in [7, 11) is 1.88. The summed E-state index contributed by atoms with van der Waals surface area (Å²) in [6.45, 7) is 3.90. The largest absolute Gasteiger partial charge is 0.424 e. The van der Waals surface area contributed by atoms with Crippen LogP contribution in [0, 0.1) is 0 Å². The number of carbonyl (C=O) groups excluding carboxylic acids is 1. The number of nitrogens with one attached hydrogen (secondary N) is 2. The van der Waals surface area contributed by atoms with Crippen LogP contribution in [0.15, 0.2) is 35.4 Å². The first-order valence-corrected chi connectivity index (χ1v) is 13.4. The predicted molar refractivity (Wildman–Crippen MR) is 146 cm³/mol. The fourth-order valence-corrected chi connectivity index (χ4v) is 4.65. The highest BCUT2D eigenvalue weighted by Gasteiger charge is 2.44. The van der Waals surface area contributed by atoms with Crippen molar-refractivity contribution in [3.05, 3.63) is 63.1 Å². The summed E-state index contributed by atoms with van der Waals surface area (Å²) in [5.74, 6) is -2.16. The average Bonchev–Trinajstić information content (AvgIpc) is 3.02. The van der Waals surface area contributed by atoms with E-state index in [4.69, 9.17) is 16.3 Å². The van der Waals surface area contributed by atoms with E-state index >= 15 is 8.78 Å². The summed E-state index contributed by atoms with van der Waals surface area (Å²) in [6, 6.07) is -2.74. The van der Waals surface area contributed by atoms with Crippen LogP contribution in [-0.2, 0) is 28.2 Å². The second-order valence-electron chi connectivity index (χ2n) is 9.66. The fourth-order valence-electron chi connectivity index (χ4n) is 4.43. The van der Waals surface area contributed by atoms with E-state index in [1.54, 1.807) is 17.9 Å². The van der Waals surface area contributed by atoms with Crippen LogP contribution in [0.1, 0.15) is 30.4 Å². The Morgan fingerprint density at radius 1 is 1.14 bits per heavy atom. The van der Waals surface area contributed by atoms with Gasteiger partial charge in [0.05, 0.1) is 35.2 Å². The first kappa shape index (κ1) is 31.4. The number of ether oxygens (including phenoxy) is 1. The minimum atomic E-state index is -4.74. The number of halogens is 6. The first-order valence-electron chi connectivity index (χ1n) is 13.0. The molecule has 16 heteroatoms. The molecule has 0 saturated carbocycles. The molecule has 0 spiro atoms. The number of H-pyrrole nitrogens is 1. The van der Waals surface area contributed by atoms with Gasteiger partial charge in [0.15, 0.2) is 0 Å². The highest BCUT2D eigenvalue weighted by molar-refractivity contribution is 6.33. The molecule has 2 aliphatic rings. The normalized spacial score (nSPS) is 16.6. The quantitative estimate of drug-likeness (QED) is 0.471. The molecule has 2 aliphatic heterocycles. The maximum Gasteiger partial charge on any atom is 0.424 e. The van der Waals surface area contributed by atoms with Crippen molar-refractivity contribution in [1.82, 2.24) is 24.6 Å². The SMILES string of the molecule is CCc1ncnc(C2=CCOCC2)[nH]n(C(F)(F)C(=O)Nc2ccc(C(F)(F)F)cc2Cl)c(=O)c1N1CCN(C)CC1. The standard InChI is InChI=1S/C26H29ClF5N7O3/c1-3-19-21(38-10-8-37(2)9-11-38)23(40)39(36-22(34-15-33-19)16-6-12-42-13-7-16)26(31,32)24(41)35-20-5-4-17(14-18(20)27)25(28,29)30/h4-6,14-15H,3,7-13H2,1-2H3,(H,35,41)(H,33,34,36). The van der Waals surface area contributed by atoms with Crippen molar-refractivity contribution in [1.29, 1.82) is 0 Å². The van der Waals surface area contributed by atoms with Gasteiger partial charge in [0.25, 0.3) is 5.56 Å². The Labute approximate surface area is 242 Å². The van der Waals surface area contributed by atoms with Crippen LogP contribution in [0.5, 0.6) is 0 Å². The molecule has 42 heavy (non-hydrogen) atoms. The maximum atomic E-state index is 16.1. The topological polar surface area (TPSA) is 108 Å². The van der Waals surface area contributed by atoms with E-state index in [0.717, 1.165) is 12.4 Å². The summed E-state index contributed by atoms with van der Waals surface area (Å²) in [5, 5.41) is 3.58. The second kappa shape index (κ2) is 12.8. The van der Waals surface area contributed by atoms with Crippen molar-refractivity contribution >= 4 is 34.5 Å². The van der Waals surface area contributed by atoms with Crippen molar-refractivity contribution in [2.45, 2.75) is 32.0 Å². The Morgan fingerprint density at radius 3 is 2.45 bits per heavy atom. The number of likely N-dealkylation sites (N-methyl/N-ethyl adjacent to an activating group) is 1.